The molecule has 0 bridgehead atoms. The van der Waals surface area contributed by atoms with Crippen LogP contribution in [0.4, 0.5) is 15.8 Å². The Labute approximate surface area is 132 Å². The van der Waals surface area contributed by atoms with E-state index in [-0.39, 0.29) is 16.3 Å². The van der Waals surface area contributed by atoms with Crippen LogP contribution in [0, 0.1) is 5.82 Å². The maximum Gasteiger partial charge on any atom is 0.175 e. The van der Waals surface area contributed by atoms with Gasteiger partial charge in [-0.25, -0.2) is 12.8 Å². The molecule has 2 N–H and O–H groups in total. The number of aromatic hydroxyl groups is 1. The third-order valence-corrected chi connectivity index (χ3v) is 4.47. The molecule has 1 heterocycles. The predicted octanol–water partition coefficient (Wildman–Crippen LogP) is 3.23. The fraction of sp³-hybridized carbons (Fsp3) is 0.0625. The van der Waals surface area contributed by atoms with Crippen LogP contribution in [-0.2, 0) is 9.84 Å². The second kappa shape index (κ2) is 5.51. The van der Waals surface area contributed by atoms with Crippen molar-refractivity contribution >= 4 is 32.1 Å². The highest BCUT2D eigenvalue weighted by molar-refractivity contribution is 7.90. The first-order valence-corrected chi connectivity index (χ1v) is 8.58. The van der Waals surface area contributed by atoms with E-state index >= 15 is 0 Å². The van der Waals surface area contributed by atoms with Gasteiger partial charge in [-0.15, -0.1) is 0 Å². The van der Waals surface area contributed by atoms with Gasteiger partial charge in [0.2, 0.25) is 0 Å². The number of hydrogen-bond donors (Lipinski definition) is 2. The van der Waals surface area contributed by atoms with Crippen molar-refractivity contribution in [2.45, 2.75) is 4.90 Å². The number of nitrogens with zero attached hydrogens (tertiary/aromatic N) is 1. The molecule has 0 fully saturated rings. The molecule has 118 valence electrons. The summed E-state index contributed by atoms with van der Waals surface area (Å²) in [6, 6.07) is 9.80. The molecule has 3 aromatic rings. The standard InChI is InChI=1S/C16H13FN2O3S/c1-23(21,22)11-3-5-14-12(9-11)15(6-7-18-14)19-16-8-10(20)2-4-13(16)17/h2-9,20H,1H3,(H,18,19). The van der Waals surface area contributed by atoms with Crippen molar-refractivity contribution in [1.29, 1.82) is 0 Å². The fourth-order valence-electron chi connectivity index (χ4n) is 2.22. The first-order valence-electron chi connectivity index (χ1n) is 6.69. The van der Waals surface area contributed by atoms with Gasteiger partial charge in [0.05, 0.1) is 16.1 Å². The maximum atomic E-state index is 13.8. The minimum absolute atomic E-state index is 0.0795. The van der Waals surface area contributed by atoms with E-state index in [4.69, 9.17) is 0 Å². The van der Waals surface area contributed by atoms with Crippen LogP contribution >= 0.6 is 0 Å². The molecule has 3 rings (SSSR count). The molecule has 0 saturated heterocycles. The van der Waals surface area contributed by atoms with Gasteiger partial charge in [-0.05, 0) is 36.4 Å². The van der Waals surface area contributed by atoms with Crippen LogP contribution < -0.4 is 5.32 Å². The highest BCUT2D eigenvalue weighted by Gasteiger charge is 2.11. The number of aromatic nitrogens is 1. The van der Waals surface area contributed by atoms with Crippen molar-refractivity contribution in [3.63, 3.8) is 0 Å². The Kier molecular flexibility index (Phi) is 3.65. The minimum atomic E-state index is -3.37. The summed E-state index contributed by atoms with van der Waals surface area (Å²) < 4.78 is 37.3. The summed E-state index contributed by atoms with van der Waals surface area (Å²) in [4.78, 5) is 4.32. The largest absolute Gasteiger partial charge is 0.508 e. The van der Waals surface area contributed by atoms with Gasteiger partial charge < -0.3 is 10.4 Å². The van der Waals surface area contributed by atoms with Crippen LogP contribution in [0.3, 0.4) is 0 Å². The average molecular weight is 332 g/mol. The zero-order valence-electron chi connectivity index (χ0n) is 12.1. The van der Waals surface area contributed by atoms with Gasteiger partial charge in [0.15, 0.2) is 9.84 Å². The number of fused-ring (bicyclic) bond motifs is 1. The Bertz CT molecular complexity index is 1000. The molecule has 2 aromatic carbocycles. The quantitative estimate of drug-likeness (QED) is 0.770. The van der Waals surface area contributed by atoms with Crippen LogP contribution in [0.5, 0.6) is 5.75 Å². The van der Waals surface area contributed by atoms with Crippen LogP contribution in [0.1, 0.15) is 0 Å². The van der Waals surface area contributed by atoms with Gasteiger partial charge in [-0.3, -0.25) is 4.98 Å². The molecule has 0 aliphatic rings. The SMILES string of the molecule is CS(=O)(=O)c1ccc2nccc(Nc3cc(O)ccc3F)c2c1. The molecular weight excluding hydrogens is 319 g/mol. The third kappa shape index (κ3) is 3.09. The number of halogens is 1. The molecule has 0 radical (unpaired) electrons. The van der Waals surface area contributed by atoms with E-state index in [0.29, 0.717) is 16.6 Å². The van der Waals surface area contributed by atoms with Gasteiger partial charge in [0, 0.05) is 29.6 Å². The molecule has 0 aliphatic carbocycles. The molecule has 0 saturated carbocycles. The lowest BCUT2D eigenvalue weighted by Gasteiger charge is -2.11. The molecule has 0 spiro atoms. The smallest absolute Gasteiger partial charge is 0.175 e. The number of phenolic OH excluding ortho intramolecular Hbond substituents is 1. The highest BCUT2D eigenvalue weighted by Crippen LogP contribution is 2.29. The van der Waals surface area contributed by atoms with Crippen molar-refractivity contribution in [1.82, 2.24) is 4.98 Å². The molecule has 23 heavy (non-hydrogen) atoms. The van der Waals surface area contributed by atoms with Gasteiger partial charge in [-0.1, -0.05) is 0 Å². The first-order chi connectivity index (χ1) is 10.8. The monoisotopic (exact) mass is 332 g/mol. The van der Waals surface area contributed by atoms with Crippen molar-refractivity contribution in [2.75, 3.05) is 11.6 Å². The number of anilines is 2. The Hall–Kier alpha value is -2.67. The minimum Gasteiger partial charge on any atom is -0.508 e. The summed E-state index contributed by atoms with van der Waals surface area (Å²) in [5.41, 5.74) is 1.15. The fourth-order valence-corrected chi connectivity index (χ4v) is 2.87. The van der Waals surface area contributed by atoms with E-state index < -0.39 is 15.7 Å². The molecule has 5 nitrogen and oxygen atoms in total. The molecule has 0 amide bonds. The van der Waals surface area contributed by atoms with Crippen molar-refractivity contribution < 1.29 is 17.9 Å². The Morgan fingerprint density at radius 1 is 1.09 bits per heavy atom. The van der Waals surface area contributed by atoms with Gasteiger partial charge in [0.1, 0.15) is 11.6 Å². The van der Waals surface area contributed by atoms with Crippen LogP contribution in [0.15, 0.2) is 53.6 Å². The van der Waals surface area contributed by atoms with Crippen LogP contribution in [-0.4, -0.2) is 24.8 Å². The van der Waals surface area contributed by atoms with E-state index in [1.807, 2.05) is 0 Å². The first kappa shape index (κ1) is 15.2. The Morgan fingerprint density at radius 3 is 2.61 bits per heavy atom. The van der Waals surface area contributed by atoms with Crippen molar-refractivity contribution in [3.05, 3.63) is 54.5 Å². The zero-order valence-corrected chi connectivity index (χ0v) is 12.9. The van der Waals surface area contributed by atoms with E-state index in [2.05, 4.69) is 10.3 Å². The molecule has 1 aromatic heterocycles. The second-order valence-corrected chi connectivity index (χ2v) is 7.11. The van der Waals surface area contributed by atoms with E-state index in [1.54, 1.807) is 12.1 Å². The van der Waals surface area contributed by atoms with Gasteiger partial charge in [0.25, 0.3) is 0 Å². The summed E-state index contributed by atoms with van der Waals surface area (Å²) >= 11 is 0. The Balaban J connectivity index is 2.15. The van der Waals surface area contributed by atoms with Gasteiger partial charge in [-0.2, -0.15) is 0 Å². The topological polar surface area (TPSA) is 79.3 Å². The molecular formula is C16H13FN2O3S. The van der Waals surface area contributed by atoms with Crippen LogP contribution in [0.25, 0.3) is 10.9 Å². The predicted molar refractivity (Wildman–Crippen MR) is 86.2 cm³/mol. The van der Waals surface area contributed by atoms with Crippen molar-refractivity contribution in [2.24, 2.45) is 0 Å². The summed E-state index contributed by atoms with van der Waals surface area (Å²) in [5.74, 6) is -0.615. The number of phenols is 1. The molecule has 0 unspecified atom stereocenters. The second-order valence-electron chi connectivity index (χ2n) is 5.10. The molecule has 7 heteroatoms. The lowest BCUT2D eigenvalue weighted by Crippen LogP contribution is -1.99. The lowest BCUT2D eigenvalue weighted by atomic mass is 10.1. The highest BCUT2D eigenvalue weighted by atomic mass is 32.2. The number of benzene rings is 2. The van der Waals surface area contributed by atoms with E-state index in [9.17, 15) is 17.9 Å². The van der Waals surface area contributed by atoms with Gasteiger partial charge >= 0.3 is 0 Å². The number of sulfone groups is 1. The normalized spacial score (nSPS) is 11.6. The number of rotatable bonds is 3. The van der Waals surface area contributed by atoms with E-state index in [0.717, 1.165) is 12.3 Å². The summed E-state index contributed by atoms with van der Waals surface area (Å²) in [6.45, 7) is 0. The summed E-state index contributed by atoms with van der Waals surface area (Å²) in [5, 5.41) is 12.9. The molecule has 0 atom stereocenters. The average Bonchev–Trinajstić information content (AvgIpc) is 2.50. The number of hydrogen-bond acceptors (Lipinski definition) is 5. The summed E-state index contributed by atoms with van der Waals surface area (Å²) in [6.07, 6.45) is 2.65. The summed E-state index contributed by atoms with van der Waals surface area (Å²) in [7, 11) is -3.37. The number of nitrogens with one attached hydrogen (secondary N) is 1. The lowest BCUT2D eigenvalue weighted by molar-refractivity contribution is 0.473. The van der Waals surface area contributed by atoms with Crippen LogP contribution in [0.2, 0.25) is 0 Å². The Morgan fingerprint density at radius 2 is 1.87 bits per heavy atom. The maximum absolute atomic E-state index is 13.8. The third-order valence-electron chi connectivity index (χ3n) is 3.36. The molecule has 0 aliphatic heterocycles. The van der Waals surface area contributed by atoms with Crippen molar-refractivity contribution in [3.8, 4) is 5.75 Å². The van der Waals surface area contributed by atoms with E-state index in [1.165, 1.54) is 30.5 Å². The number of pyridine rings is 1. The zero-order chi connectivity index (χ0) is 16.6.